The Morgan fingerprint density at radius 3 is 2.58 bits per heavy atom. The molecule has 1 aromatic carbocycles. The first-order chi connectivity index (χ1) is 11.6. The highest BCUT2D eigenvalue weighted by Crippen LogP contribution is 2.37. The Kier molecular flexibility index (Phi) is 3.87. The number of fused-ring (bicyclic) bond motifs is 1. The Bertz CT molecular complexity index is 856. The first-order valence-electron chi connectivity index (χ1n) is 8.51. The second kappa shape index (κ2) is 5.92. The van der Waals surface area contributed by atoms with Gasteiger partial charge in [-0.2, -0.15) is 0 Å². The Morgan fingerprint density at radius 1 is 1.17 bits per heavy atom. The fourth-order valence-electron chi connectivity index (χ4n) is 3.92. The lowest BCUT2D eigenvalue weighted by Gasteiger charge is -2.25. The monoisotopic (exact) mass is 346 g/mol. The van der Waals surface area contributed by atoms with Crippen LogP contribution in [0.15, 0.2) is 24.5 Å². The minimum absolute atomic E-state index is 0.184. The van der Waals surface area contributed by atoms with Crippen LogP contribution in [0.5, 0.6) is 5.75 Å². The molecule has 0 atom stereocenters. The predicted molar refractivity (Wildman–Crippen MR) is 93.2 cm³/mol. The largest absolute Gasteiger partial charge is 0.496 e. The molecule has 128 valence electrons. The normalized spacial score (nSPS) is 20.0. The van der Waals surface area contributed by atoms with E-state index in [4.69, 9.17) is 4.74 Å². The average molecular weight is 346 g/mol. The van der Waals surface area contributed by atoms with Crippen LogP contribution in [-0.4, -0.2) is 36.6 Å². The van der Waals surface area contributed by atoms with Gasteiger partial charge >= 0.3 is 0 Å². The molecule has 1 aliphatic carbocycles. The minimum atomic E-state index is -2.86. The van der Waals surface area contributed by atoms with E-state index >= 15 is 0 Å². The van der Waals surface area contributed by atoms with E-state index in [2.05, 4.69) is 21.7 Å². The number of aromatic nitrogens is 2. The third-order valence-electron chi connectivity index (χ3n) is 5.24. The van der Waals surface area contributed by atoms with Gasteiger partial charge in [-0.05, 0) is 55.4 Å². The van der Waals surface area contributed by atoms with Crippen molar-refractivity contribution in [1.82, 2.24) is 9.55 Å². The van der Waals surface area contributed by atoms with Gasteiger partial charge in [-0.3, -0.25) is 0 Å². The molecule has 0 saturated carbocycles. The van der Waals surface area contributed by atoms with Crippen molar-refractivity contribution in [2.24, 2.45) is 0 Å². The topological polar surface area (TPSA) is 61.2 Å². The number of aryl methyl sites for hydroxylation is 2. The Balaban J connectivity index is 1.73. The van der Waals surface area contributed by atoms with Crippen molar-refractivity contribution in [2.45, 2.75) is 38.1 Å². The highest BCUT2D eigenvalue weighted by molar-refractivity contribution is 7.91. The van der Waals surface area contributed by atoms with Crippen LogP contribution < -0.4 is 4.74 Å². The van der Waals surface area contributed by atoms with E-state index in [9.17, 15) is 8.42 Å². The molecule has 1 aliphatic heterocycles. The lowest BCUT2D eigenvalue weighted by atomic mass is 10.0. The summed E-state index contributed by atoms with van der Waals surface area (Å²) in [7, 11) is -1.17. The van der Waals surface area contributed by atoms with Gasteiger partial charge in [0.15, 0.2) is 0 Å². The summed E-state index contributed by atoms with van der Waals surface area (Å²) >= 11 is 0. The van der Waals surface area contributed by atoms with Crippen LogP contribution in [0.4, 0.5) is 0 Å². The summed E-state index contributed by atoms with van der Waals surface area (Å²) in [6.07, 6.45) is 8.47. The minimum Gasteiger partial charge on any atom is -0.496 e. The van der Waals surface area contributed by atoms with E-state index in [1.807, 2.05) is 6.20 Å². The van der Waals surface area contributed by atoms with Crippen LogP contribution in [-0.2, 0) is 22.7 Å². The van der Waals surface area contributed by atoms with Crippen LogP contribution in [0, 0.1) is 0 Å². The number of ether oxygens (including phenoxy) is 1. The van der Waals surface area contributed by atoms with Gasteiger partial charge in [-0.15, -0.1) is 0 Å². The van der Waals surface area contributed by atoms with E-state index in [1.54, 1.807) is 13.3 Å². The fourth-order valence-corrected chi connectivity index (χ4v) is 5.38. The van der Waals surface area contributed by atoms with Crippen molar-refractivity contribution in [2.75, 3.05) is 18.6 Å². The molecular weight excluding hydrogens is 324 g/mol. The van der Waals surface area contributed by atoms with Gasteiger partial charge in [0.2, 0.25) is 0 Å². The molecule has 4 rings (SSSR count). The lowest BCUT2D eigenvalue weighted by Crippen LogP contribution is -2.25. The standard InChI is InChI=1S/C18H22N2O3S/c1-23-17-12-14-4-2-3-13(14)11-16(17)18-19-7-8-20(18)15-5-9-24(21,22)10-6-15/h7-8,11-12,15H,2-6,9-10H2,1H3. The van der Waals surface area contributed by atoms with Crippen molar-refractivity contribution in [3.63, 3.8) is 0 Å². The van der Waals surface area contributed by atoms with Crippen LogP contribution in [0.25, 0.3) is 11.4 Å². The average Bonchev–Trinajstić information content (AvgIpc) is 3.22. The van der Waals surface area contributed by atoms with Crippen LogP contribution in [0.3, 0.4) is 0 Å². The van der Waals surface area contributed by atoms with E-state index in [1.165, 1.54) is 17.5 Å². The van der Waals surface area contributed by atoms with Gasteiger partial charge in [-0.1, -0.05) is 0 Å². The summed E-state index contributed by atoms with van der Waals surface area (Å²) in [4.78, 5) is 4.57. The summed E-state index contributed by atoms with van der Waals surface area (Å²) in [6, 6.07) is 4.53. The smallest absolute Gasteiger partial charge is 0.150 e. The molecular formula is C18H22N2O3S. The molecule has 0 unspecified atom stereocenters. The molecule has 0 amide bonds. The molecule has 6 heteroatoms. The zero-order valence-corrected chi connectivity index (χ0v) is 14.7. The van der Waals surface area contributed by atoms with Crippen molar-refractivity contribution in [3.05, 3.63) is 35.7 Å². The molecule has 1 saturated heterocycles. The fraction of sp³-hybridized carbons (Fsp3) is 0.500. The number of rotatable bonds is 3. The van der Waals surface area contributed by atoms with Crippen LogP contribution in [0.2, 0.25) is 0 Å². The van der Waals surface area contributed by atoms with E-state index in [0.29, 0.717) is 12.8 Å². The number of imidazole rings is 1. The van der Waals surface area contributed by atoms with Crippen molar-refractivity contribution in [1.29, 1.82) is 0 Å². The van der Waals surface area contributed by atoms with Gasteiger partial charge in [0.1, 0.15) is 21.4 Å². The molecule has 2 aromatic rings. The van der Waals surface area contributed by atoms with E-state index < -0.39 is 9.84 Å². The molecule has 2 heterocycles. The lowest BCUT2D eigenvalue weighted by molar-refractivity contribution is 0.413. The third kappa shape index (κ3) is 2.73. The van der Waals surface area contributed by atoms with E-state index in [0.717, 1.165) is 30.0 Å². The quantitative estimate of drug-likeness (QED) is 0.857. The predicted octanol–water partition coefficient (Wildman–Crippen LogP) is 2.80. The number of hydrogen-bond donors (Lipinski definition) is 0. The summed E-state index contributed by atoms with van der Waals surface area (Å²) < 4.78 is 31.2. The maximum absolute atomic E-state index is 11.7. The van der Waals surface area contributed by atoms with Crippen molar-refractivity contribution < 1.29 is 13.2 Å². The molecule has 0 N–H and O–H groups in total. The second-order valence-corrected chi connectivity index (χ2v) is 9.02. The molecule has 1 aromatic heterocycles. The number of nitrogens with zero attached hydrogens (tertiary/aromatic N) is 2. The zero-order chi connectivity index (χ0) is 16.7. The molecule has 5 nitrogen and oxygen atoms in total. The van der Waals surface area contributed by atoms with Crippen LogP contribution >= 0.6 is 0 Å². The maximum Gasteiger partial charge on any atom is 0.150 e. The van der Waals surface area contributed by atoms with Gasteiger partial charge in [0.05, 0.1) is 24.2 Å². The summed E-state index contributed by atoms with van der Waals surface area (Å²) in [5.41, 5.74) is 3.76. The zero-order valence-electron chi connectivity index (χ0n) is 13.9. The Morgan fingerprint density at radius 2 is 1.88 bits per heavy atom. The second-order valence-electron chi connectivity index (χ2n) is 6.72. The number of hydrogen-bond acceptors (Lipinski definition) is 4. The van der Waals surface area contributed by atoms with Gasteiger partial charge in [0, 0.05) is 18.4 Å². The number of benzene rings is 1. The first kappa shape index (κ1) is 15.7. The van der Waals surface area contributed by atoms with E-state index in [-0.39, 0.29) is 17.5 Å². The van der Waals surface area contributed by atoms with Gasteiger partial charge in [0.25, 0.3) is 0 Å². The molecule has 0 bridgehead atoms. The van der Waals surface area contributed by atoms with Crippen LogP contribution in [0.1, 0.15) is 36.4 Å². The molecule has 2 aliphatic rings. The summed E-state index contributed by atoms with van der Waals surface area (Å²) in [5, 5.41) is 0. The molecule has 1 fully saturated rings. The third-order valence-corrected chi connectivity index (χ3v) is 6.96. The Labute approximate surface area is 142 Å². The molecule has 24 heavy (non-hydrogen) atoms. The highest BCUT2D eigenvalue weighted by atomic mass is 32.2. The summed E-state index contributed by atoms with van der Waals surface area (Å²) in [6.45, 7) is 0. The van der Waals surface area contributed by atoms with Gasteiger partial charge in [-0.25, -0.2) is 13.4 Å². The highest BCUT2D eigenvalue weighted by Gasteiger charge is 2.27. The first-order valence-corrected chi connectivity index (χ1v) is 10.3. The number of sulfone groups is 1. The van der Waals surface area contributed by atoms with Crippen molar-refractivity contribution in [3.8, 4) is 17.1 Å². The maximum atomic E-state index is 11.7. The molecule has 0 radical (unpaired) electrons. The Hall–Kier alpha value is -1.82. The summed E-state index contributed by atoms with van der Waals surface area (Å²) in [5.74, 6) is 2.25. The van der Waals surface area contributed by atoms with Crippen molar-refractivity contribution >= 4 is 9.84 Å². The van der Waals surface area contributed by atoms with Gasteiger partial charge < -0.3 is 9.30 Å². The SMILES string of the molecule is COc1cc2c(cc1-c1nccn1C1CCS(=O)(=O)CC1)CCC2. The number of methoxy groups -OCH3 is 1. The molecule has 0 spiro atoms.